The molecule has 0 aliphatic carbocycles. The van der Waals surface area contributed by atoms with E-state index in [1.807, 2.05) is 6.92 Å². The van der Waals surface area contributed by atoms with E-state index in [-0.39, 0.29) is 11.9 Å². The summed E-state index contributed by atoms with van der Waals surface area (Å²) in [7, 11) is 1.43. The molecule has 0 spiro atoms. The van der Waals surface area contributed by atoms with Crippen molar-refractivity contribution in [2.24, 2.45) is 5.92 Å². The molecule has 0 saturated carbocycles. The van der Waals surface area contributed by atoms with Gasteiger partial charge in [-0.05, 0) is 32.9 Å². The highest BCUT2D eigenvalue weighted by Crippen LogP contribution is 2.24. The highest BCUT2D eigenvalue weighted by molar-refractivity contribution is 9.11. The summed E-state index contributed by atoms with van der Waals surface area (Å²) in [5.41, 5.74) is 1.30. The first-order valence-corrected chi connectivity index (χ1v) is 7.34. The molecule has 1 unspecified atom stereocenters. The molecule has 84 valence electrons. The molecule has 1 heterocycles. The first kappa shape index (κ1) is 13.1. The Morgan fingerprint density at radius 2 is 2.47 bits per heavy atom. The third kappa shape index (κ3) is 4.57. The van der Waals surface area contributed by atoms with Crippen molar-refractivity contribution in [2.45, 2.75) is 12.7 Å². The van der Waals surface area contributed by atoms with Crippen LogP contribution in [0, 0.1) is 5.92 Å². The van der Waals surface area contributed by atoms with Crippen LogP contribution in [0.3, 0.4) is 0 Å². The van der Waals surface area contributed by atoms with Gasteiger partial charge >= 0.3 is 5.97 Å². The van der Waals surface area contributed by atoms with Gasteiger partial charge in [-0.25, -0.2) is 0 Å². The largest absolute Gasteiger partial charge is 0.469 e. The van der Waals surface area contributed by atoms with Crippen molar-refractivity contribution >= 4 is 45.0 Å². The molecule has 0 amide bonds. The number of hydrogen-bond donors (Lipinski definition) is 0. The quantitative estimate of drug-likeness (QED) is 0.778. The molecule has 0 fully saturated rings. The van der Waals surface area contributed by atoms with Crippen LogP contribution < -0.4 is 0 Å². The third-order valence-corrected chi connectivity index (χ3v) is 4.69. The lowest BCUT2D eigenvalue weighted by molar-refractivity contribution is -0.143. The maximum absolute atomic E-state index is 11.1. The van der Waals surface area contributed by atoms with E-state index in [1.165, 1.54) is 12.7 Å². The first-order chi connectivity index (χ1) is 7.13. The van der Waals surface area contributed by atoms with Gasteiger partial charge in [-0.15, -0.1) is 11.3 Å². The Morgan fingerprint density at radius 1 is 1.73 bits per heavy atom. The average molecular weight is 309 g/mol. The van der Waals surface area contributed by atoms with Crippen LogP contribution in [0.15, 0.2) is 15.2 Å². The van der Waals surface area contributed by atoms with Crippen LogP contribution in [0.25, 0.3) is 0 Å². The number of halogens is 1. The molecule has 1 aromatic rings. The molecule has 0 aromatic carbocycles. The monoisotopic (exact) mass is 308 g/mol. The van der Waals surface area contributed by atoms with Crippen molar-refractivity contribution in [1.82, 2.24) is 0 Å². The lowest BCUT2D eigenvalue weighted by Gasteiger charge is -2.07. The van der Waals surface area contributed by atoms with Crippen LogP contribution >= 0.6 is 39.0 Å². The Hall–Kier alpha value is -0.000000000000000111. The van der Waals surface area contributed by atoms with Gasteiger partial charge in [0.1, 0.15) is 0 Å². The molecule has 2 nitrogen and oxygen atoms in total. The van der Waals surface area contributed by atoms with Gasteiger partial charge in [0.05, 0.1) is 16.8 Å². The summed E-state index contributed by atoms with van der Waals surface area (Å²) in [6, 6.07) is 2.11. The smallest absolute Gasteiger partial charge is 0.309 e. The zero-order valence-electron chi connectivity index (χ0n) is 8.66. The summed E-state index contributed by atoms with van der Waals surface area (Å²) >= 11 is 6.86. The maximum Gasteiger partial charge on any atom is 0.309 e. The predicted molar refractivity (Wildman–Crippen MR) is 69.4 cm³/mol. The highest BCUT2D eigenvalue weighted by atomic mass is 79.9. The van der Waals surface area contributed by atoms with Gasteiger partial charge in [-0.3, -0.25) is 4.79 Å². The fourth-order valence-electron chi connectivity index (χ4n) is 1.04. The van der Waals surface area contributed by atoms with E-state index in [1.54, 1.807) is 23.1 Å². The van der Waals surface area contributed by atoms with Crippen molar-refractivity contribution in [3.63, 3.8) is 0 Å². The molecule has 1 rings (SSSR count). The molecule has 1 aromatic heterocycles. The van der Waals surface area contributed by atoms with Gasteiger partial charge < -0.3 is 4.74 Å². The number of carbonyl (C=O) groups excluding carboxylic acids is 1. The molecule has 5 heteroatoms. The Bertz CT molecular complexity index is 325. The number of esters is 1. The maximum atomic E-state index is 11.1. The minimum Gasteiger partial charge on any atom is -0.469 e. The number of ether oxygens (including phenoxy) is 1. The van der Waals surface area contributed by atoms with E-state index in [9.17, 15) is 4.79 Å². The van der Waals surface area contributed by atoms with Crippen molar-refractivity contribution in [3.05, 3.63) is 20.8 Å². The molecule has 0 N–H and O–H groups in total. The zero-order chi connectivity index (χ0) is 11.3. The van der Waals surface area contributed by atoms with Crippen LogP contribution in [0.5, 0.6) is 0 Å². The van der Waals surface area contributed by atoms with Gasteiger partial charge in [0, 0.05) is 11.5 Å². The molecular weight excluding hydrogens is 296 g/mol. The Labute approximate surface area is 107 Å². The fraction of sp³-hybridized carbons (Fsp3) is 0.500. The second-order valence-electron chi connectivity index (χ2n) is 3.20. The molecule has 0 radical (unpaired) electrons. The SMILES string of the molecule is COC(=O)C(C)CSCc1csc(Br)c1. The number of thiophene rings is 1. The van der Waals surface area contributed by atoms with Crippen molar-refractivity contribution in [2.75, 3.05) is 12.9 Å². The summed E-state index contributed by atoms with van der Waals surface area (Å²) < 4.78 is 5.81. The van der Waals surface area contributed by atoms with Crippen molar-refractivity contribution in [1.29, 1.82) is 0 Å². The van der Waals surface area contributed by atoms with Crippen LogP contribution in [0.2, 0.25) is 0 Å². The lowest BCUT2D eigenvalue weighted by Crippen LogP contribution is -2.14. The van der Waals surface area contributed by atoms with E-state index < -0.39 is 0 Å². The first-order valence-electron chi connectivity index (χ1n) is 4.52. The molecule has 0 bridgehead atoms. The van der Waals surface area contributed by atoms with Crippen LogP contribution in [0.4, 0.5) is 0 Å². The van der Waals surface area contributed by atoms with Gasteiger partial charge in [0.2, 0.25) is 0 Å². The summed E-state index contributed by atoms with van der Waals surface area (Å²) in [4.78, 5) is 11.1. The molecule has 0 saturated heterocycles. The minimum atomic E-state index is -0.131. The van der Waals surface area contributed by atoms with Gasteiger partial charge in [0.15, 0.2) is 0 Å². The minimum absolute atomic E-state index is 0.0259. The second-order valence-corrected chi connectivity index (χ2v) is 6.52. The van der Waals surface area contributed by atoms with E-state index in [4.69, 9.17) is 0 Å². The van der Waals surface area contributed by atoms with E-state index in [0.717, 1.165) is 15.3 Å². The number of thioether (sulfide) groups is 1. The zero-order valence-corrected chi connectivity index (χ0v) is 11.9. The van der Waals surface area contributed by atoms with E-state index >= 15 is 0 Å². The Balaban J connectivity index is 2.24. The second kappa shape index (κ2) is 6.55. The Kier molecular flexibility index (Phi) is 5.71. The standard InChI is InChI=1S/C10H13BrO2S2/c1-7(10(12)13-2)4-14-5-8-3-9(11)15-6-8/h3,6-7H,4-5H2,1-2H3. The van der Waals surface area contributed by atoms with Crippen LogP contribution in [-0.2, 0) is 15.3 Å². The normalized spacial score (nSPS) is 12.5. The lowest BCUT2D eigenvalue weighted by atomic mass is 10.2. The van der Waals surface area contributed by atoms with Gasteiger partial charge in [0.25, 0.3) is 0 Å². The number of hydrogen-bond acceptors (Lipinski definition) is 4. The molecule has 15 heavy (non-hydrogen) atoms. The number of methoxy groups -OCH3 is 1. The predicted octanol–water partition coefficient (Wildman–Crippen LogP) is 3.55. The topological polar surface area (TPSA) is 26.3 Å². The van der Waals surface area contributed by atoms with Crippen molar-refractivity contribution in [3.8, 4) is 0 Å². The molecule has 1 atom stereocenters. The van der Waals surface area contributed by atoms with Gasteiger partial charge in [-0.2, -0.15) is 11.8 Å². The highest BCUT2D eigenvalue weighted by Gasteiger charge is 2.12. The summed E-state index contributed by atoms with van der Waals surface area (Å²) in [5.74, 6) is 1.60. The van der Waals surface area contributed by atoms with Crippen LogP contribution in [0.1, 0.15) is 12.5 Å². The average Bonchev–Trinajstić information content (AvgIpc) is 2.63. The van der Waals surface area contributed by atoms with E-state index in [2.05, 4.69) is 32.1 Å². The van der Waals surface area contributed by atoms with E-state index in [0.29, 0.717) is 0 Å². The summed E-state index contributed by atoms with van der Waals surface area (Å²) in [6.07, 6.45) is 0. The Morgan fingerprint density at radius 3 is 3.00 bits per heavy atom. The molecule has 0 aliphatic rings. The fourth-order valence-corrected chi connectivity index (χ4v) is 3.37. The van der Waals surface area contributed by atoms with Gasteiger partial charge in [-0.1, -0.05) is 6.92 Å². The molecular formula is C10H13BrO2S2. The summed E-state index contributed by atoms with van der Waals surface area (Å²) in [6.45, 7) is 1.89. The summed E-state index contributed by atoms with van der Waals surface area (Å²) in [5, 5.41) is 2.12. The van der Waals surface area contributed by atoms with Crippen LogP contribution in [-0.4, -0.2) is 18.8 Å². The molecule has 0 aliphatic heterocycles. The number of carbonyl (C=O) groups is 1. The van der Waals surface area contributed by atoms with Crippen molar-refractivity contribution < 1.29 is 9.53 Å². The number of rotatable bonds is 5. The third-order valence-electron chi connectivity index (χ3n) is 1.86.